The number of hydrogen-bond donors (Lipinski definition) is 3. The Morgan fingerprint density at radius 3 is 2.57 bits per heavy atom. The number of rotatable bonds is 2. The zero-order valence-electron chi connectivity index (χ0n) is 7.98. The Balaban J connectivity index is 2.96. The minimum Gasteiger partial charge on any atom is -0.504 e. The highest BCUT2D eigenvalue weighted by atomic mass is 16.3. The summed E-state index contributed by atoms with van der Waals surface area (Å²) < 4.78 is 0. The number of amides is 1. The van der Waals surface area contributed by atoms with Gasteiger partial charge in [-0.15, -0.1) is 0 Å². The first-order valence-electron chi connectivity index (χ1n) is 4.01. The third-order valence-electron chi connectivity index (χ3n) is 1.58. The molecule has 0 fully saturated rings. The summed E-state index contributed by atoms with van der Waals surface area (Å²) in [4.78, 5) is 11.4. The van der Waals surface area contributed by atoms with Crippen LogP contribution in [0.15, 0.2) is 18.2 Å². The number of carbonyl (C=O) groups excluding carboxylic acids is 1. The fourth-order valence-corrected chi connectivity index (χ4v) is 0.978. The summed E-state index contributed by atoms with van der Waals surface area (Å²) in [5.74, 6) is -1.19. The van der Waals surface area contributed by atoms with E-state index in [0.717, 1.165) is 0 Å². The van der Waals surface area contributed by atoms with Crippen LogP contribution in [-0.2, 0) is 0 Å². The van der Waals surface area contributed by atoms with Crippen LogP contribution in [0, 0.1) is 0 Å². The topological polar surface area (TPSA) is 72.8 Å². The summed E-state index contributed by atoms with van der Waals surface area (Å²) in [7, 11) is 3.30. The largest absolute Gasteiger partial charge is 0.504 e. The van der Waals surface area contributed by atoms with E-state index in [-0.39, 0.29) is 11.3 Å². The highest BCUT2D eigenvalue weighted by molar-refractivity contribution is 5.97. The number of phenols is 2. The lowest BCUT2D eigenvalue weighted by Crippen LogP contribution is -2.36. The fraction of sp³-hybridized carbons (Fsp3) is 0.222. The van der Waals surface area contributed by atoms with Gasteiger partial charge in [-0.25, -0.2) is 5.01 Å². The molecule has 14 heavy (non-hydrogen) atoms. The third-order valence-corrected chi connectivity index (χ3v) is 1.58. The van der Waals surface area contributed by atoms with Crippen molar-refractivity contribution in [2.24, 2.45) is 0 Å². The first-order valence-corrected chi connectivity index (χ1v) is 4.01. The SMILES string of the molecule is CN(C)NC(=O)c1cccc(O)c1O. The minimum atomic E-state index is -0.469. The van der Waals surface area contributed by atoms with E-state index in [1.54, 1.807) is 14.1 Å². The molecule has 5 nitrogen and oxygen atoms in total. The highest BCUT2D eigenvalue weighted by Gasteiger charge is 2.13. The molecule has 0 radical (unpaired) electrons. The van der Waals surface area contributed by atoms with Crippen LogP contribution in [-0.4, -0.2) is 35.2 Å². The lowest BCUT2D eigenvalue weighted by Gasteiger charge is -2.12. The van der Waals surface area contributed by atoms with E-state index in [1.165, 1.54) is 23.2 Å². The predicted octanol–water partition coefficient (Wildman–Crippen LogP) is 0.304. The third kappa shape index (κ3) is 2.14. The van der Waals surface area contributed by atoms with Crippen molar-refractivity contribution in [2.75, 3.05) is 14.1 Å². The fourth-order valence-electron chi connectivity index (χ4n) is 0.978. The maximum atomic E-state index is 11.4. The molecule has 0 saturated carbocycles. The number of nitrogens with one attached hydrogen (secondary N) is 1. The zero-order valence-corrected chi connectivity index (χ0v) is 7.98. The second kappa shape index (κ2) is 3.97. The molecule has 0 atom stereocenters. The van der Waals surface area contributed by atoms with E-state index in [4.69, 9.17) is 5.11 Å². The quantitative estimate of drug-likeness (QED) is 0.470. The molecule has 0 aliphatic carbocycles. The number of para-hydroxylation sites is 1. The van der Waals surface area contributed by atoms with Crippen molar-refractivity contribution in [1.82, 2.24) is 10.4 Å². The van der Waals surface area contributed by atoms with Crippen LogP contribution in [0.5, 0.6) is 11.5 Å². The average molecular weight is 196 g/mol. The Kier molecular flexibility index (Phi) is 2.93. The second-order valence-electron chi connectivity index (χ2n) is 3.01. The Labute approximate surface area is 81.6 Å². The number of aromatic hydroxyl groups is 2. The lowest BCUT2D eigenvalue weighted by atomic mass is 10.2. The molecule has 1 aromatic carbocycles. The number of benzene rings is 1. The van der Waals surface area contributed by atoms with Gasteiger partial charge in [0.1, 0.15) is 0 Å². The van der Waals surface area contributed by atoms with Crippen LogP contribution in [0.4, 0.5) is 0 Å². The van der Waals surface area contributed by atoms with Gasteiger partial charge in [0.25, 0.3) is 5.91 Å². The van der Waals surface area contributed by atoms with Crippen LogP contribution in [0.3, 0.4) is 0 Å². The monoisotopic (exact) mass is 196 g/mol. The van der Waals surface area contributed by atoms with Crippen molar-refractivity contribution in [1.29, 1.82) is 0 Å². The van der Waals surface area contributed by atoms with Crippen molar-refractivity contribution in [3.05, 3.63) is 23.8 Å². The summed E-state index contributed by atoms with van der Waals surface area (Å²) in [5.41, 5.74) is 2.49. The Hall–Kier alpha value is -1.75. The summed E-state index contributed by atoms with van der Waals surface area (Å²) in [6.45, 7) is 0. The molecule has 0 aliphatic rings. The van der Waals surface area contributed by atoms with E-state index >= 15 is 0 Å². The molecule has 0 saturated heterocycles. The zero-order chi connectivity index (χ0) is 10.7. The molecule has 76 valence electrons. The molecule has 0 unspecified atom stereocenters. The second-order valence-corrected chi connectivity index (χ2v) is 3.01. The van der Waals surface area contributed by atoms with Crippen molar-refractivity contribution >= 4 is 5.91 Å². The van der Waals surface area contributed by atoms with Gasteiger partial charge in [0.05, 0.1) is 5.56 Å². The number of hydrazine groups is 1. The summed E-state index contributed by atoms with van der Waals surface area (Å²) in [5, 5.41) is 19.9. The maximum Gasteiger partial charge on any atom is 0.269 e. The number of hydrogen-bond acceptors (Lipinski definition) is 4. The summed E-state index contributed by atoms with van der Waals surface area (Å²) in [6, 6.07) is 4.22. The molecule has 0 aromatic heterocycles. The normalized spacial score (nSPS) is 10.2. The van der Waals surface area contributed by atoms with Gasteiger partial charge in [0.15, 0.2) is 11.5 Å². The van der Waals surface area contributed by atoms with Gasteiger partial charge in [0, 0.05) is 14.1 Å². The highest BCUT2D eigenvalue weighted by Crippen LogP contribution is 2.27. The molecule has 0 spiro atoms. The van der Waals surface area contributed by atoms with Gasteiger partial charge in [-0.1, -0.05) is 6.07 Å². The molecule has 3 N–H and O–H groups in total. The first kappa shape index (κ1) is 10.3. The van der Waals surface area contributed by atoms with E-state index in [1.807, 2.05) is 0 Å². The van der Waals surface area contributed by atoms with Gasteiger partial charge in [-0.2, -0.15) is 0 Å². The first-order chi connectivity index (χ1) is 6.52. The lowest BCUT2D eigenvalue weighted by molar-refractivity contribution is 0.0853. The molecule has 0 aliphatic heterocycles. The number of phenolic OH excluding ortho intramolecular Hbond substituents is 2. The summed E-state index contributed by atoms with van der Waals surface area (Å²) >= 11 is 0. The number of carbonyl (C=O) groups is 1. The smallest absolute Gasteiger partial charge is 0.269 e. The van der Waals surface area contributed by atoms with Crippen molar-refractivity contribution in [3.8, 4) is 11.5 Å². The molecular weight excluding hydrogens is 184 g/mol. The Morgan fingerprint density at radius 1 is 1.36 bits per heavy atom. The minimum absolute atomic E-state index is 0.0405. The Morgan fingerprint density at radius 2 is 2.00 bits per heavy atom. The molecule has 5 heteroatoms. The van der Waals surface area contributed by atoms with Crippen molar-refractivity contribution < 1.29 is 15.0 Å². The van der Waals surface area contributed by atoms with Crippen LogP contribution >= 0.6 is 0 Å². The predicted molar refractivity (Wildman–Crippen MR) is 50.9 cm³/mol. The van der Waals surface area contributed by atoms with Gasteiger partial charge in [-0.3, -0.25) is 10.2 Å². The van der Waals surface area contributed by atoms with Crippen LogP contribution < -0.4 is 5.43 Å². The molecular formula is C9H12N2O3. The summed E-state index contributed by atoms with van der Waals surface area (Å²) in [6.07, 6.45) is 0. The molecule has 0 heterocycles. The van der Waals surface area contributed by atoms with Gasteiger partial charge < -0.3 is 10.2 Å². The Bertz CT molecular complexity index is 350. The van der Waals surface area contributed by atoms with E-state index in [0.29, 0.717) is 0 Å². The van der Waals surface area contributed by atoms with Crippen LogP contribution in [0.2, 0.25) is 0 Å². The van der Waals surface area contributed by atoms with Gasteiger partial charge in [-0.05, 0) is 12.1 Å². The standard InChI is InChI=1S/C9H12N2O3/c1-11(2)10-9(14)6-4-3-5-7(12)8(6)13/h3-5,12-13H,1-2H3,(H,10,14). The molecule has 1 aromatic rings. The van der Waals surface area contributed by atoms with Crippen LogP contribution in [0.1, 0.15) is 10.4 Å². The average Bonchev–Trinajstić information content (AvgIpc) is 2.08. The van der Waals surface area contributed by atoms with Gasteiger partial charge >= 0.3 is 0 Å². The maximum absolute atomic E-state index is 11.4. The van der Waals surface area contributed by atoms with Gasteiger partial charge in [0.2, 0.25) is 0 Å². The molecule has 1 rings (SSSR count). The van der Waals surface area contributed by atoms with Crippen molar-refractivity contribution in [2.45, 2.75) is 0 Å². The van der Waals surface area contributed by atoms with Crippen LogP contribution in [0.25, 0.3) is 0 Å². The number of nitrogens with zero attached hydrogens (tertiary/aromatic N) is 1. The van der Waals surface area contributed by atoms with Crippen molar-refractivity contribution in [3.63, 3.8) is 0 Å². The van der Waals surface area contributed by atoms with E-state index < -0.39 is 11.7 Å². The molecule has 1 amide bonds. The van der Waals surface area contributed by atoms with E-state index in [2.05, 4.69) is 5.43 Å². The van der Waals surface area contributed by atoms with E-state index in [9.17, 15) is 9.90 Å². The molecule has 0 bridgehead atoms.